The summed E-state index contributed by atoms with van der Waals surface area (Å²) in [5.41, 5.74) is 2.56. The van der Waals surface area contributed by atoms with E-state index >= 15 is 0 Å². The Bertz CT molecular complexity index is 859. The Labute approximate surface area is 161 Å². The van der Waals surface area contributed by atoms with Crippen LogP contribution in [0.25, 0.3) is 0 Å². The second kappa shape index (κ2) is 6.82. The molecule has 2 saturated carbocycles. The second-order valence-corrected chi connectivity index (χ2v) is 8.13. The van der Waals surface area contributed by atoms with E-state index in [1.807, 2.05) is 19.1 Å². The number of alkyl halides is 1. The smallest absolute Gasteiger partial charge is 0.228 e. The number of aryl methyl sites for hydroxylation is 1. The molecule has 1 heterocycles. The summed E-state index contributed by atoms with van der Waals surface area (Å²) in [6.45, 7) is 1.93. The van der Waals surface area contributed by atoms with Gasteiger partial charge in [-0.3, -0.25) is 9.78 Å². The molecule has 3 nitrogen and oxygen atoms in total. The molecule has 0 saturated heterocycles. The van der Waals surface area contributed by atoms with Crippen LogP contribution in [0.4, 0.5) is 10.1 Å². The highest BCUT2D eigenvalue weighted by molar-refractivity contribution is 6.42. The average Bonchev–Trinajstić information content (AvgIpc) is 3.15. The van der Waals surface area contributed by atoms with Gasteiger partial charge in [-0.1, -0.05) is 23.2 Å². The van der Waals surface area contributed by atoms with Crippen molar-refractivity contribution in [2.75, 3.05) is 5.32 Å². The van der Waals surface area contributed by atoms with Gasteiger partial charge in [0, 0.05) is 23.5 Å². The van der Waals surface area contributed by atoms with E-state index in [9.17, 15) is 9.18 Å². The zero-order chi connectivity index (χ0) is 18.4. The van der Waals surface area contributed by atoms with Gasteiger partial charge in [0.05, 0.1) is 16.0 Å². The van der Waals surface area contributed by atoms with E-state index < -0.39 is 6.17 Å². The average molecular weight is 393 g/mol. The lowest BCUT2D eigenvalue weighted by Gasteiger charge is -2.32. The zero-order valence-corrected chi connectivity index (χ0v) is 15.8. The highest BCUT2D eigenvalue weighted by Gasteiger charge is 2.56. The largest absolute Gasteiger partial charge is 0.326 e. The molecule has 5 atom stereocenters. The van der Waals surface area contributed by atoms with Gasteiger partial charge in [0.2, 0.25) is 5.91 Å². The van der Waals surface area contributed by atoms with Gasteiger partial charge in [0.25, 0.3) is 0 Å². The number of fused-ring (bicyclic) bond motifs is 2. The monoisotopic (exact) mass is 392 g/mol. The molecular weight excluding hydrogens is 374 g/mol. The van der Waals surface area contributed by atoms with Gasteiger partial charge in [0.15, 0.2) is 0 Å². The standard InChI is InChI=1S/C20H19Cl2FN2O/c1-10-6-11(4-5-24-10)18-12-7-14(17(23)8-12)19(18)20(26)25-13-2-3-15(21)16(22)9-13/h2-6,9,12,14,17-19H,7-8H2,1H3,(H,25,26)/t12-,14+,17-,18-,19-/m1/s1. The van der Waals surface area contributed by atoms with Crippen molar-refractivity contribution in [3.8, 4) is 0 Å². The summed E-state index contributed by atoms with van der Waals surface area (Å²) in [5.74, 6) is -0.559. The maximum atomic E-state index is 14.4. The van der Waals surface area contributed by atoms with E-state index in [-0.39, 0.29) is 29.6 Å². The fourth-order valence-corrected chi connectivity index (χ4v) is 4.99. The molecule has 1 aromatic carbocycles. The minimum atomic E-state index is -0.913. The number of rotatable bonds is 3. The molecule has 0 aliphatic heterocycles. The number of hydrogen-bond acceptors (Lipinski definition) is 2. The number of aromatic nitrogens is 1. The van der Waals surface area contributed by atoms with Gasteiger partial charge in [-0.15, -0.1) is 0 Å². The first kappa shape index (κ1) is 17.7. The predicted octanol–water partition coefficient (Wildman–Crippen LogP) is 5.41. The molecule has 1 aromatic heterocycles. The summed E-state index contributed by atoms with van der Waals surface area (Å²) < 4.78 is 14.4. The van der Waals surface area contributed by atoms with Crippen LogP contribution in [-0.2, 0) is 4.79 Å². The molecule has 0 unspecified atom stereocenters. The van der Waals surface area contributed by atoms with E-state index in [0.29, 0.717) is 22.2 Å². The minimum Gasteiger partial charge on any atom is -0.326 e. The second-order valence-electron chi connectivity index (χ2n) is 7.31. The highest BCUT2D eigenvalue weighted by atomic mass is 35.5. The molecule has 1 amide bonds. The Morgan fingerprint density at radius 3 is 2.73 bits per heavy atom. The number of benzene rings is 1. The first-order valence-electron chi connectivity index (χ1n) is 8.76. The third kappa shape index (κ3) is 3.10. The lowest BCUT2D eigenvalue weighted by molar-refractivity contribution is -0.122. The van der Waals surface area contributed by atoms with Crippen LogP contribution in [0.5, 0.6) is 0 Å². The van der Waals surface area contributed by atoms with E-state index in [0.717, 1.165) is 17.7 Å². The van der Waals surface area contributed by atoms with Gasteiger partial charge in [-0.25, -0.2) is 4.39 Å². The molecule has 2 aromatic rings. The molecule has 6 heteroatoms. The van der Waals surface area contributed by atoms with Gasteiger partial charge in [-0.05, 0) is 67.5 Å². The quantitative estimate of drug-likeness (QED) is 0.757. The fraction of sp³-hybridized carbons (Fsp3) is 0.400. The maximum Gasteiger partial charge on any atom is 0.228 e. The van der Waals surface area contributed by atoms with E-state index in [4.69, 9.17) is 23.2 Å². The molecule has 1 N–H and O–H groups in total. The molecule has 2 aliphatic carbocycles. The van der Waals surface area contributed by atoms with E-state index in [2.05, 4.69) is 10.3 Å². The normalized spacial score (nSPS) is 29.8. The van der Waals surface area contributed by atoms with Gasteiger partial charge in [0.1, 0.15) is 6.17 Å². The summed E-state index contributed by atoms with van der Waals surface area (Å²) in [6.07, 6.45) is 2.14. The molecule has 2 bridgehead atoms. The third-order valence-electron chi connectivity index (χ3n) is 5.72. The van der Waals surface area contributed by atoms with Gasteiger partial charge < -0.3 is 5.32 Å². The van der Waals surface area contributed by atoms with Crippen LogP contribution in [0.3, 0.4) is 0 Å². The Hall–Kier alpha value is -1.65. The van der Waals surface area contributed by atoms with Crippen LogP contribution in [0.1, 0.15) is 30.0 Å². The number of pyridine rings is 1. The van der Waals surface area contributed by atoms with Gasteiger partial charge >= 0.3 is 0 Å². The molecule has 136 valence electrons. The van der Waals surface area contributed by atoms with Crippen LogP contribution >= 0.6 is 23.2 Å². The summed E-state index contributed by atoms with van der Waals surface area (Å²) in [7, 11) is 0. The van der Waals surface area contributed by atoms with Crippen molar-refractivity contribution >= 4 is 34.8 Å². The highest BCUT2D eigenvalue weighted by Crippen LogP contribution is 2.57. The van der Waals surface area contributed by atoms with Crippen molar-refractivity contribution in [3.05, 3.63) is 57.8 Å². The molecule has 0 radical (unpaired) electrons. The van der Waals surface area contributed by atoms with Crippen molar-refractivity contribution in [1.29, 1.82) is 0 Å². The SMILES string of the molecule is Cc1cc([C@@H]2[C@@H]3C[C@H]([C@H]2C(=O)Nc2ccc(Cl)c(Cl)c2)[C@H](F)C3)ccn1. The molecule has 2 aliphatic rings. The number of carbonyl (C=O) groups is 1. The molecule has 0 spiro atoms. The number of amides is 1. The van der Waals surface area contributed by atoms with Crippen molar-refractivity contribution in [3.63, 3.8) is 0 Å². The molecular formula is C20H19Cl2FN2O. The number of carbonyl (C=O) groups excluding carboxylic acids is 1. The van der Waals surface area contributed by atoms with E-state index in [1.165, 1.54) is 0 Å². The minimum absolute atomic E-state index is 0.0245. The number of nitrogens with zero attached hydrogens (tertiary/aromatic N) is 1. The first-order valence-corrected chi connectivity index (χ1v) is 9.52. The Kier molecular flexibility index (Phi) is 4.66. The fourth-order valence-electron chi connectivity index (χ4n) is 4.69. The Morgan fingerprint density at radius 1 is 1.19 bits per heavy atom. The van der Waals surface area contributed by atoms with Crippen molar-refractivity contribution in [2.45, 2.75) is 31.9 Å². The summed E-state index contributed by atoms with van der Waals surface area (Å²) in [4.78, 5) is 17.3. The lowest BCUT2D eigenvalue weighted by atomic mass is 9.74. The van der Waals surface area contributed by atoms with E-state index in [1.54, 1.807) is 24.4 Å². The van der Waals surface area contributed by atoms with Crippen LogP contribution in [0.15, 0.2) is 36.5 Å². The van der Waals surface area contributed by atoms with Crippen molar-refractivity contribution in [2.24, 2.45) is 17.8 Å². The molecule has 4 rings (SSSR count). The number of anilines is 1. The van der Waals surface area contributed by atoms with Gasteiger partial charge in [-0.2, -0.15) is 0 Å². The van der Waals surface area contributed by atoms with Crippen molar-refractivity contribution in [1.82, 2.24) is 4.98 Å². The number of hydrogen-bond donors (Lipinski definition) is 1. The van der Waals surface area contributed by atoms with Crippen molar-refractivity contribution < 1.29 is 9.18 Å². The van der Waals surface area contributed by atoms with Crippen LogP contribution in [-0.4, -0.2) is 17.1 Å². The molecule has 26 heavy (non-hydrogen) atoms. The van der Waals surface area contributed by atoms with Crippen LogP contribution in [0.2, 0.25) is 10.0 Å². The first-order chi connectivity index (χ1) is 12.4. The Morgan fingerprint density at radius 2 is 2.00 bits per heavy atom. The summed E-state index contributed by atoms with van der Waals surface area (Å²) in [5, 5.41) is 3.71. The molecule has 2 fully saturated rings. The topological polar surface area (TPSA) is 42.0 Å². The van der Waals surface area contributed by atoms with Crippen LogP contribution in [0, 0.1) is 24.7 Å². The predicted molar refractivity (Wildman–Crippen MR) is 101 cm³/mol. The zero-order valence-electron chi connectivity index (χ0n) is 14.3. The third-order valence-corrected chi connectivity index (χ3v) is 6.46. The summed E-state index contributed by atoms with van der Waals surface area (Å²) >= 11 is 12.0. The Balaban J connectivity index is 1.63. The number of halogens is 3. The summed E-state index contributed by atoms with van der Waals surface area (Å²) in [6, 6.07) is 8.93. The lowest BCUT2D eigenvalue weighted by Crippen LogP contribution is -2.37. The maximum absolute atomic E-state index is 14.4. The number of nitrogens with one attached hydrogen (secondary N) is 1. The van der Waals surface area contributed by atoms with Crippen LogP contribution < -0.4 is 5.32 Å².